The number of hydrogen-bond acceptors (Lipinski definition) is 5. The van der Waals surface area contributed by atoms with Crippen molar-refractivity contribution in [2.45, 2.75) is 51.5 Å². The molecule has 1 atom stereocenters. The number of carbonyl (C=O) groups is 3. The maximum Gasteiger partial charge on any atom is 0.303 e. The zero-order chi connectivity index (χ0) is 24.8. The van der Waals surface area contributed by atoms with Crippen LogP contribution in [0.3, 0.4) is 0 Å². The highest BCUT2D eigenvalue weighted by Gasteiger charge is 2.45. The number of likely N-dealkylation sites (tertiary alicyclic amines) is 1. The molecule has 1 saturated heterocycles. The van der Waals surface area contributed by atoms with Gasteiger partial charge in [-0.1, -0.05) is 44.5 Å². The van der Waals surface area contributed by atoms with Gasteiger partial charge in [0.1, 0.15) is 11.5 Å². The summed E-state index contributed by atoms with van der Waals surface area (Å²) in [5.74, 6) is -1.53. The van der Waals surface area contributed by atoms with E-state index < -0.39 is 23.7 Å². The number of Topliss-reactive ketones (excluding diaryl/α,β-unsaturated/α-hetero) is 1. The van der Waals surface area contributed by atoms with Crippen molar-refractivity contribution < 1.29 is 29.3 Å². The second kappa shape index (κ2) is 11.0. The minimum atomic E-state index is -0.856. The predicted octanol–water partition coefficient (Wildman–Crippen LogP) is 4.89. The first-order chi connectivity index (χ1) is 16.2. The third kappa shape index (κ3) is 5.47. The number of benzene rings is 2. The van der Waals surface area contributed by atoms with E-state index >= 15 is 0 Å². The predicted molar refractivity (Wildman–Crippen MR) is 129 cm³/mol. The molecule has 34 heavy (non-hydrogen) atoms. The van der Waals surface area contributed by atoms with Gasteiger partial charge in [0, 0.05) is 18.5 Å². The van der Waals surface area contributed by atoms with Gasteiger partial charge in [-0.3, -0.25) is 14.4 Å². The number of nitrogens with zero attached hydrogens (tertiary/aromatic N) is 1. The first-order valence-corrected chi connectivity index (χ1v) is 11.5. The van der Waals surface area contributed by atoms with E-state index in [2.05, 4.69) is 13.8 Å². The van der Waals surface area contributed by atoms with Crippen LogP contribution in [0.2, 0.25) is 0 Å². The normalized spacial score (nSPS) is 17.4. The van der Waals surface area contributed by atoms with Crippen molar-refractivity contribution in [2.24, 2.45) is 0 Å². The average molecular weight is 466 g/mol. The summed E-state index contributed by atoms with van der Waals surface area (Å²) in [5.41, 5.74) is 2.34. The van der Waals surface area contributed by atoms with Crippen LogP contribution in [0.4, 0.5) is 0 Å². The zero-order valence-electron chi connectivity index (χ0n) is 19.8. The maximum atomic E-state index is 13.1. The number of aliphatic hydroxyl groups excluding tert-OH is 1. The van der Waals surface area contributed by atoms with Crippen LogP contribution in [0.5, 0.6) is 5.75 Å². The van der Waals surface area contributed by atoms with Crippen LogP contribution in [0.1, 0.15) is 68.2 Å². The van der Waals surface area contributed by atoms with Crippen LogP contribution < -0.4 is 4.74 Å². The quantitative estimate of drug-likeness (QED) is 0.224. The Balaban J connectivity index is 1.98. The fourth-order valence-electron chi connectivity index (χ4n) is 4.16. The molecule has 1 aliphatic rings. The maximum absolute atomic E-state index is 13.1. The van der Waals surface area contributed by atoms with Crippen molar-refractivity contribution >= 4 is 23.4 Å². The molecule has 0 aliphatic carbocycles. The molecular weight excluding hydrogens is 434 g/mol. The van der Waals surface area contributed by atoms with Gasteiger partial charge in [0.05, 0.1) is 18.7 Å². The number of carboxylic acids is 1. The average Bonchev–Trinajstić information content (AvgIpc) is 3.08. The molecule has 2 aromatic rings. The molecule has 1 heterocycles. The van der Waals surface area contributed by atoms with E-state index in [4.69, 9.17) is 9.84 Å². The number of aliphatic carboxylic acids is 1. The lowest BCUT2D eigenvalue weighted by atomic mass is 9.93. The van der Waals surface area contributed by atoms with Gasteiger partial charge in [-0.25, -0.2) is 0 Å². The molecule has 1 amide bonds. The SMILES string of the molecule is COc1ccc(/C(O)=C2\C(=O)C(=O)N(CCCCCC(=O)O)C2c2ccc(C(C)C)cc2)cc1. The molecule has 180 valence electrons. The molecule has 1 unspecified atom stereocenters. The van der Waals surface area contributed by atoms with Gasteiger partial charge >= 0.3 is 5.97 Å². The first-order valence-electron chi connectivity index (χ1n) is 11.5. The monoisotopic (exact) mass is 465 g/mol. The molecule has 7 heteroatoms. The van der Waals surface area contributed by atoms with Gasteiger partial charge in [0.25, 0.3) is 11.7 Å². The molecule has 0 saturated carbocycles. The number of unbranched alkanes of at least 4 members (excludes halogenated alkanes) is 2. The van der Waals surface area contributed by atoms with E-state index in [0.717, 1.165) is 11.1 Å². The van der Waals surface area contributed by atoms with Crippen molar-refractivity contribution in [3.63, 3.8) is 0 Å². The van der Waals surface area contributed by atoms with Gasteiger partial charge in [0.15, 0.2) is 0 Å². The Labute approximate surface area is 199 Å². The Bertz CT molecular complexity index is 1070. The van der Waals surface area contributed by atoms with Crippen LogP contribution in [0, 0.1) is 0 Å². The molecule has 1 fully saturated rings. The number of carboxylic acid groups (broad SMARTS) is 1. The zero-order valence-corrected chi connectivity index (χ0v) is 19.8. The first kappa shape index (κ1) is 25.0. The minimum absolute atomic E-state index is 0.0537. The molecule has 0 radical (unpaired) electrons. The fourth-order valence-corrected chi connectivity index (χ4v) is 4.16. The minimum Gasteiger partial charge on any atom is -0.507 e. The largest absolute Gasteiger partial charge is 0.507 e. The number of methoxy groups -OCH3 is 1. The van der Waals surface area contributed by atoms with E-state index in [9.17, 15) is 19.5 Å². The van der Waals surface area contributed by atoms with Crippen LogP contribution >= 0.6 is 0 Å². The molecular formula is C27H31NO6. The number of rotatable bonds is 10. The van der Waals surface area contributed by atoms with E-state index in [1.165, 1.54) is 12.0 Å². The summed E-state index contributed by atoms with van der Waals surface area (Å²) in [6, 6.07) is 13.7. The van der Waals surface area contributed by atoms with Crippen LogP contribution in [0.15, 0.2) is 54.1 Å². The molecule has 7 nitrogen and oxygen atoms in total. The van der Waals surface area contributed by atoms with Crippen molar-refractivity contribution in [2.75, 3.05) is 13.7 Å². The summed E-state index contributed by atoms with van der Waals surface area (Å²) < 4.78 is 5.17. The van der Waals surface area contributed by atoms with Gasteiger partial charge in [-0.05, 0) is 54.2 Å². The molecule has 0 aromatic heterocycles. The van der Waals surface area contributed by atoms with Gasteiger partial charge in [0.2, 0.25) is 0 Å². The van der Waals surface area contributed by atoms with Crippen molar-refractivity contribution in [3.8, 4) is 5.75 Å². The fraction of sp³-hybridized carbons (Fsp3) is 0.370. The van der Waals surface area contributed by atoms with E-state index in [1.807, 2.05) is 24.3 Å². The van der Waals surface area contributed by atoms with Crippen LogP contribution in [-0.2, 0) is 14.4 Å². The third-order valence-electron chi connectivity index (χ3n) is 6.11. The summed E-state index contributed by atoms with van der Waals surface area (Å²) in [6.07, 6.45) is 1.74. The second-order valence-electron chi connectivity index (χ2n) is 8.75. The van der Waals surface area contributed by atoms with E-state index in [-0.39, 0.29) is 17.8 Å². The Morgan fingerprint density at radius 2 is 1.62 bits per heavy atom. The van der Waals surface area contributed by atoms with Crippen molar-refractivity contribution in [3.05, 3.63) is 70.8 Å². The Morgan fingerprint density at radius 1 is 0.971 bits per heavy atom. The van der Waals surface area contributed by atoms with Gasteiger partial charge in [-0.2, -0.15) is 0 Å². The lowest BCUT2D eigenvalue weighted by Gasteiger charge is -2.25. The summed E-state index contributed by atoms with van der Waals surface area (Å²) >= 11 is 0. The topological polar surface area (TPSA) is 104 Å². The number of ether oxygens (including phenoxy) is 1. The molecule has 0 bridgehead atoms. The smallest absolute Gasteiger partial charge is 0.303 e. The highest BCUT2D eigenvalue weighted by Crippen LogP contribution is 2.40. The van der Waals surface area contributed by atoms with Crippen LogP contribution in [0.25, 0.3) is 5.76 Å². The second-order valence-corrected chi connectivity index (χ2v) is 8.75. The molecule has 2 aromatic carbocycles. The highest BCUT2D eigenvalue weighted by atomic mass is 16.5. The lowest BCUT2D eigenvalue weighted by Crippen LogP contribution is -2.30. The lowest BCUT2D eigenvalue weighted by molar-refractivity contribution is -0.140. The summed E-state index contributed by atoms with van der Waals surface area (Å²) in [6.45, 7) is 4.46. The third-order valence-corrected chi connectivity index (χ3v) is 6.11. The van der Waals surface area contributed by atoms with Crippen LogP contribution in [-0.4, -0.2) is 46.4 Å². The number of ketones is 1. The van der Waals surface area contributed by atoms with Gasteiger partial charge in [-0.15, -0.1) is 0 Å². The highest BCUT2D eigenvalue weighted by molar-refractivity contribution is 6.46. The molecule has 2 N–H and O–H groups in total. The Hall–Kier alpha value is -3.61. The number of hydrogen-bond donors (Lipinski definition) is 2. The van der Waals surface area contributed by atoms with Gasteiger partial charge < -0.3 is 19.8 Å². The van der Waals surface area contributed by atoms with Crippen molar-refractivity contribution in [1.82, 2.24) is 4.90 Å². The van der Waals surface area contributed by atoms with E-state index in [1.54, 1.807) is 24.3 Å². The standard InChI is InChI=1S/C27H31NO6/c1-17(2)18-8-10-19(11-9-18)24-23(25(31)20-12-14-21(34-3)15-13-20)26(32)27(33)28(24)16-6-4-5-7-22(29)30/h8-15,17,24,31H,4-7,16H2,1-3H3,(H,29,30)/b25-23+. The van der Waals surface area contributed by atoms with E-state index in [0.29, 0.717) is 43.0 Å². The summed E-state index contributed by atoms with van der Waals surface area (Å²) in [5, 5.41) is 19.9. The van der Waals surface area contributed by atoms with Crippen molar-refractivity contribution in [1.29, 1.82) is 0 Å². The Kier molecular flexibility index (Phi) is 8.10. The number of amides is 1. The number of aliphatic hydroxyl groups is 1. The molecule has 0 spiro atoms. The summed E-state index contributed by atoms with van der Waals surface area (Å²) in [4.78, 5) is 38.3. The number of carbonyl (C=O) groups excluding carboxylic acids is 2. The molecule has 3 rings (SSSR count). The Morgan fingerprint density at radius 3 is 2.18 bits per heavy atom. The summed E-state index contributed by atoms with van der Waals surface area (Å²) in [7, 11) is 1.54. The molecule has 1 aliphatic heterocycles.